The van der Waals surface area contributed by atoms with Crippen molar-refractivity contribution in [1.82, 2.24) is 19.7 Å². The molecule has 1 aromatic rings. The van der Waals surface area contributed by atoms with Gasteiger partial charge in [-0.25, -0.2) is 0 Å². The number of thioether (sulfide) groups is 1. The molecule has 1 aliphatic rings. The van der Waals surface area contributed by atoms with Crippen LogP contribution in [0.5, 0.6) is 0 Å². The molecular weight excluding hydrogens is 278 g/mol. The third kappa shape index (κ3) is 2.71. The number of imide groups is 1. The number of carbonyl (C=O) groups is 2. The van der Waals surface area contributed by atoms with E-state index in [9.17, 15) is 9.59 Å². The molecule has 7 nitrogen and oxygen atoms in total. The highest BCUT2D eigenvalue weighted by atomic mass is 32.2. The Bertz CT molecular complexity index is 516. The molecule has 1 unspecified atom stereocenters. The predicted molar refractivity (Wildman–Crippen MR) is 74.9 cm³/mol. The molecule has 0 bridgehead atoms. The van der Waals surface area contributed by atoms with Gasteiger partial charge in [-0.2, -0.15) is 0 Å². The van der Waals surface area contributed by atoms with E-state index >= 15 is 0 Å². The van der Waals surface area contributed by atoms with Crippen LogP contribution in [0.1, 0.15) is 32.5 Å². The number of hydrogen-bond donors (Lipinski definition) is 1. The first-order valence-corrected chi connectivity index (χ1v) is 7.63. The Balaban J connectivity index is 2.13. The maximum atomic E-state index is 12.2. The van der Waals surface area contributed by atoms with Crippen LogP contribution in [0, 0.1) is 0 Å². The second-order valence-corrected chi connectivity index (χ2v) is 5.71. The zero-order valence-corrected chi connectivity index (χ0v) is 12.5. The monoisotopic (exact) mass is 297 g/mol. The Morgan fingerprint density at radius 3 is 2.70 bits per heavy atom. The molecule has 2 rings (SSSR count). The third-order valence-corrected chi connectivity index (χ3v) is 4.36. The normalized spacial score (nSPS) is 19.1. The van der Waals surface area contributed by atoms with Crippen LogP contribution in [0.15, 0.2) is 5.16 Å². The number of likely N-dealkylation sites (tertiary alicyclic amines) is 1. The number of rotatable bonds is 6. The molecule has 1 atom stereocenters. The molecule has 1 fully saturated rings. The smallest absolute Gasteiger partial charge is 0.243 e. The molecule has 2 N–H and O–H groups in total. The molecule has 110 valence electrons. The second kappa shape index (κ2) is 6.36. The summed E-state index contributed by atoms with van der Waals surface area (Å²) in [4.78, 5) is 25.3. The van der Waals surface area contributed by atoms with Crippen molar-refractivity contribution in [2.24, 2.45) is 5.73 Å². The van der Waals surface area contributed by atoms with E-state index in [1.165, 1.54) is 16.7 Å². The van der Waals surface area contributed by atoms with E-state index in [2.05, 4.69) is 10.2 Å². The number of nitrogens with zero attached hydrogens (tertiary/aromatic N) is 4. The molecule has 0 spiro atoms. The Hall–Kier alpha value is -1.41. The summed E-state index contributed by atoms with van der Waals surface area (Å²) in [7, 11) is 0. The fourth-order valence-electron chi connectivity index (χ4n) is 2.21. The van der Waals surface area contributed by atoms with Gasteiger partial charge in [0.15, 0.2) is 5.16 Å². The Labute approximate surface area is 121 Å². The molecule has 1 aliphatic heterocycles. The Kier molecular flexibility index (Phi) is 4.77. The lowest BCUT2D eigenvalue weighted by Crippen LogP contribution is -2.32. The fraction of sp³-hybridized carbons (Fsp3) is 0.667. The van der Waals surface area contributed by atoms with Crippen LogP contribution in [0.4, 0.5) is 0 Å². The first-order valence-electron chi connectivity index (χ1n) is 6.75. The van der Waals surface area contributed by atoms with E-state index in [4.69, 9.17) is 5.73 Å². The van der Waals surface area contributed by atoms with Crippen molar-refractivity contribution in [1.29, 1.82) is 0 Å². The van der Waals surface area contributed by atoms with Crippen LogP contribution >= 0.6 is 11.8 Å². The van der Waals surface area contributed by atoms with E-state index in [0.29, 0.717) is 30.6 Å². The lowest BCUT2D eigenvalue weighted by molar-refractivity contribution is -0.138. The first-order chi connectivity index (χ1) is 9.62. The molecule has 8 heteroatoms. The molecule has 2 amide bonds. The van der Waals surface area contributed by atoms with Crippen molar-refractivity contribution in [3.63, 3.8) is 0 Å². The molecule has 0 saturated carbocycles. The molecule has 1 aromatic heterocycles. The minimum absolute atomic E-state index is 0.101. The van der Waals surface area contributed by atoms with Gasteiger partial charge in [-0.15, -0.1) is 10.2 Å². The summed E-state index contributed by atoms with van der Waals surface area (Å²) < 4.78 is 1.88. The average molecular weight is 297 g/mol. The summed E-state index contributed by atoms with van der Waals surface area (Å²) in [5.41, 5.74) is 5.60. The van der Waals surface area contributed by atoms with E-state index in [-0.39, 0.29) is 18.2 Å². The number of hydrogen-bond acceptors (Lipinski definition) is 6. The van der Waals surface area contributed by atoms with Gasteiger partial charge >= 0.3 is 0 Å². The standard InChI is InChI=1S/C12H19N5O2S/c1-3-5-17-10(18)6-8(11(17)19)20-12-15-14-9(7-13)16(12)4-2/h8H,3-7,13H2,1-2H3. The fourth-order valence-corrected chi connectivity index (χ4v) is 3.36. The highest BCUT2D eigenvalue weighted by Crippen LogP contribution is 2.30. The van der Waals surface area contributed by atoms with Gasteiger partial charge in [0.25, 0.3) is 0 Å². The molecule has 20 heavy (non-hydrogen) atoms. The Morgan fingerprint density at radius 1 is 1.35 bits per heavy atom. The van der Waals surface area contributed by atoms with Crippen molar-refractivity contribution < 1.29 is 9.59 Å². The minimum Gasteiger partial charge on any atom is -0.324 e. The number of nitrogens with two attached hydrogens (primary N) is 1. The van der Waals surface area contributed by atoms with Crippen molar-refractivity contribution in [3.05, 3.63) is 5.82 Å². The van der Waals surface area contributed by atoms with Crippen LogP contribution in [-0.2, 0) is 22.7 Å². The summed E-state index contributed by atoms with van der Waals surface area (Å²) in [5, 5.41) is 8.33. The van der Waals surface area contributed by atoms with E-state index in [0.717, 1.165) is 6.42 Å². The van der Waals surface area contributed by atoms with Gasteiger partial charge in [-0.1, -0.05) is 18.7 Å². The summed E-state index contributed by atoms with van der Waals surface area (Å²) in [6.45, 7) is 5.40. The summed E-state index contributed by atoms with van der Waals surface area (Å²) in [5.74, 6) is 0.468. The molecule has 1 saturated heterocycles. The van der Waals surface area contributed by atoms with Crippen molar-refractivity contribution in [2.45, 2.75) is 50.2 Å². The first kappa shape index (κ1) is 15.0. The maximum Gasteiger partial charge on any atom is 0.243 e. The summed E-state index contributed by atoms with van der Waals surface area (Å²) in [6.07, 6.45) is 1.01. The predicted octanol–water partition coefficient (Wildman–Crippen LogP) is 0.386. The topological polar surface area (TPSA) is 94.1 Å². The third-order valence-electron chi connectivity index (χ3n) is 3.19. The molecule has 0 radical (unpaired) electrons. The van der Waals surface area contributed by atoms with Gasteiger partial charge in [0.05, 0.1) is 6.54 Å². The largest absolute Gasteiger partial charge is 0.324 e. The van der Waals surface area contributed by atoms with Crippen molar-refractivity contribution >= 4 is 23.6 Å². The van der Waals surface area contributed by atoms with Crippen molar-refractivity contribution in [2.75, 3.05) is 6.54 Å². The lowest BCUT2D eigenvalue weighted by Gasteiger charge is -2.13. The number of aromatic nitrogens is 3. The lowest BCUT2D eigenvalue weighted by atomic mass is 10.4. The van der Waals surface area contributed by atoms with Gasteiger partial charge in [0.2, 0.25) is 11.8 Å². The zero-order valence-electron chi connectivity index (χ0n) is 11.7. The molecular formula is C12H19N5O2S. The Morgan fingerprint density at radius 2 is 2.10 bits per heavy atom. The number of carbonyl (C=O) groups excluding carboxylic acids is 2. The average Bonchev–Trinajstić information content (AvgIpc) is 2.95. The highest BCUT2D eigenvalue weighted by Gasteiger charge is 2.39. The van der Waals surface area contributed by atoms with E-state index in [1.807, 2.05) is 18.4 Å². The zero-order chi connectivity index (χ0) is 14.7. The molecule has 0 aromatic carbocycles. The molecule has 0 aliphatic carbocycles. The maximum absolute atomic E-state index is 12.2. The minimum atomic E-state index is -0.394. The van der Waals surface area contributed by atoms with Gasteiger partial charge in [0.1, 0.15) is 11.1 Å². The van der Waals surface area contributed by atoms with Gasteiger partial charge in [0, 0.05) is 19.5 Å². The van der Waals surface area contributed by atoms with Crippen LogP contribution in [-0.4, -0.2) is 43.3 Å². The van der Waals surface area contributed by atoms with Gasteiger partial charge in [-0.05, 0) is 13.3 Å². The van der Waals surface area contributed by atoms with Crippen LogP contribution < -0.4 is 5.73 Å². The van der Waals surface area contributed by atoms with Gasteiger partial charge in [-0.3, -0.25) is 14.5 Å². The molecule has 2 heterocycles. The van der Waals surface area contributed by atoms with Crippen molar-refractivity contribution in [3.8, 4) is 0 Å². The highest BCUT2D eigenvalue weighted by molar-refractivity contribution is 8.00. The summed E-state index contributed by atoms with van der Waals surface area (Å²) >= 11 is 1.30. The van der Waals surface area contributed by atoms with Crippen LogP contribution in [0.3, 0.4) is 0 Å². The SMILES string of the molecule is CCCN1C(=O)CC(Sc2nnc(CN)n2CC)C1=O. The quantitative estimate of drug-likeness (QED) is 0.763. The van der Waals surface area contributed by atoms with E-state index < -0.39 is 5.25 Å². The number of amides is 2. The van der Waals surface area contributed by atoms with E-state index in [1.54, 1.807) is 0 Å². The van der Waals surface area contributed by atoms with Crippen LogP contribution in [0.25, 0.3) is 0 Å². The van der Waals surface area contributed by atoms with Gasteiger partial charge < -0.3 is 10.3 Å². The summed E-state index contributed by atoms with van der Waals surface area (Å²) in [6, 6.07) is 0. The van der Waals surface area contributed by atoms with Crippen LogP contribution in [0.2, 0.25) is 0 Å². The second-order valence-electron chi connectivity index (χ2n) is 4.54.